The molecule has 7 nitrogen and oxygen atoms in total. The Hall–Kier alpha value is -2.95. The van der Waals surface area contributed by atoms with Crippen molar-refractivity contribution < 1.29 is 22.7 Å². The third-order valence-corrected chi connectivity index (χ3v) is 4.54. The van der Waals surface area contributed by atoms with E-state index in [1.54, 1.807) is 28.4 Å². The van der Waals surface area contributed by atoms with E-state index in [4.69, 9.17) is 0 Å². The average Bonchev–Trinajstić information content (AvgIpc) is 3.08. The summed E-state index contributed by atoms with van der Waals surface area (Å²) in [7, 11) is 0. The van der Waals surface area contributed by atoms with Crippen molar-refractivity contribution in [2.75, 3.05) is 17.3 Å². The molecule has 2 aromatic heterocycles. The van der Waals surface area contributed by atoms with Crippen LogP contribution in [0.2, 0.25) is 0 Å². The van der Waals surface area contributed by atoms with Crippen molar-refractivity contribution in [1.29, 1.82) is 0 Å². The number of hydrogen-bond acceptors (Lipinski definition) is 5. The molecule has 0 saturated heterocycles. The van der Waals surface area contributed by atoms with Crippen LogP contribution in [0.3, 0.4) is 0 Å². The van der Waals surface area contributed by atoms with Gasteiger partial charge in [0.1, 0.15) is 5.75 Å². The zero-order valence-electron chi connectivity index (χ0n) is 15.3. The highest BCUT2D eigenvalue weighted by atomic mass is 32.2. The van der Waals surface area contributed by atoms with Crippen LogP contribution in [0, 0.1) is 0 Å². The molecule has 0 saturated carbocycles. The van der Waals surface area contributed by atoms with Crippen LogP contribution < -0.4 is 15.4 Å². The molecule has 2 N–H and O–H groups in total. The number of aromatic nitrogens is 3. The third kappa shape index (κ3) is 5.76. The van der Waals surface area contributed by atoms with Crippen LogP contribution in [0.15, 0.2) is 48.7 Å². The van der Waals surface area contributed by atoms with Gasteiger partial charge in [0.25, 0.3) is 0 Å². The Morgan fingerprint density at radius 2 is 2.07 bits per heavy atom. The topological polar surface area (TPSA) is 80.5 Å². The van der Waals surface area contributed by atoms with E-state index in [1.165, 1.54) is 12.1 Å². The Balaban J connectivity index is 1.73. The first kappa shape index (κ1) is 20.8. The molecule has 2 heterocycles. The summed E-state index contributed by atoms with van der Waals surface area (Å²) in [5, 5.41) is 13.6. The molecule has 11 heteroatoms. The second-order valence-electron chi connectivity index (χ2n) is 6.00. The molecular weight excluding hydrogens is 407 g/mol. The molecule has 0 fully saturated rings. The fourth-order valence-corrected chi connectivity index (χ4v) is 3.17. The molecule has 0 aliphatic heterocycles. The number of fused-ring (bicyclic) bond motifs is 1. The number of hydrogen-bond donors (Lipinski definition) is 2. The lowest BCUT2D eigenvalue weighted by Crippen LogP contribution is -2.34. The van der Waals surface area contributed by atoms with Crippen molar-refractivity contribution in [3.8, 4) is 5.75 Å². The molecule has 0 spiro atoms. The molecule has 1 atom stereocenters. The summed E-state index contributed by atoms with van der Waals surface area (Å²) in [6.07, 6.45) is -0.459. The quantitative estimate of drug-likeness (QED) is 0.592. The van der Waals surface area contributed by atoms with Crippen molar-refractivity contribution in [3.05, 3.63) is 54.5 Å². The maximum Gasteiger partial charge on any atom is 0.573 e. The fraction of sp³-hybridized carbons (Fsp3) is 0.278. The number of ether oxygens (including phenoxy) is 1. The highest BCUT2D eigenvalue weighted by molar-refractivity contribution is 7.98. The highest BCUT2D eigenvalue weighted by Gasteiger charge is 2.31. The average molecular weight is 425 g/mol. The van der Waals surface area contributed by atoms with Crippen LogP contribution in [0.5, 0.6) is 5.75 Å². The smallest absolute Gasteiger partial charge is 0.406 e. The van der Waals surface area contributed by atoms with Gasteiger partial charge in [0, 0.05) is 18.0 Å². The number of nitrogens with one attached hydrogen (secondary N) is 2. The molecular formula is C18H18F3N5O2S. The van der Waals surface area contributed by atoms with Gasteiger partial charge in [-0.3, -0.25) is 4.40 Å². The molecule has 0 radical (unpaired) electrons. The molecule has 3 aromatic rings. The summed E-state index contributed by atoms with van der Waals surface area (Å²) >= 11 is 1.62. The van der Waals surface area contributed by atoms with E-state index in [2.05, 4.69) is 25.6 Å². The van der Waals surface area contributed by atoms with E-state index in [1.807, 2.05) is 18.4 Å². The monoisotopic (exact) mass is 425 g/mol. The Bertz CT molecular complexity index is 979. The van der Waals surface area contributed by atoms with Gasteiger partial charge >= 0.3 is 12.4 Å². The largest absolute Gasteiger partial charge is 0.573 e. The normalized spacial score (nSPS) is 12.6. The van der Waals surface area contributed by atoms with Crippen LogP contribution in [-0.2, 0) is 0 Å². The fourth-order valence-electron chi connectivity index (χ4n) is 2.70. The van der Waals surface area contributed by atoms with Gasteiger partial charge in [-0.05, 0) is 42.7 Å². The molecule has 154 valence electrons. The SMILES string of the molecule is CSCCC(NC(=O)Nc1cccc(OC(F)(F)F)c1)c1nnc2ccccn12. The molecule has 1 unspecified atom stereocenters. The van der Waals surface area contributed by atoms with E-state index in [0.717, 1.165) is 17.9 Å². The van der Waals surface area contributed by atoms with Crippen molar-refractivity contribution in [2.24, 2.45) is 0 Å². The van der Waals surface area contributed by atoms with Gasteiger partial charge in [-0.2, -0.15) is 11.8 Å². The lowest BCUT2D eigenvalue weighted by Gasteiger charge is -2.18. The van der Waals surface area contributed by atoms with Gasteiger partial charge in [-0.15, -0.1) is 23.4 Å². The van der Waals surface area contributed by atoms with Gasteiger partial charge in [0.2, 0.25) is 0 Å². The number of anilines is 1. The van der Waals surface area contributed by atoms with Crippen molar-refractivity contribution in [3.63, 3.8) is 0 Å². The van der Waals surface area contributed by atoms with Gasteiger partial charge in [0.05, 0.1) is 6.04 Å². The number of pyridine rings is 1. The first-order chi connectivity index (χ1) is 13.9. The number of urea groups is 1. The Morgan fingerprint density at radius 3 is 2.83 bits per heavy atom. The summed E-state index contributed by atoms with van der Waals surface area (Å²) in [5.74, 6) is 0.915. The third-order valence-electron chi connectivity index (χ3n) is 3.89. The van der Waals surface area contributed by atoms with E-state index >= 15 is 0 Å². The Kier molecular flexibility index (Phi) is 6.47. The van der Waals surface area contributed by atoms with E-state index in [9.17, 15) is 18.0 Å². The standard InChI is InChI=1S/C18H18F3N5O2S/c1-29-10-8-14(16-25-24-15-7-2-3-9-26(15)16)23-17(27)22-12-5-4-6-13(11-12)28-18(19,20)21/h2-7,9,11,14H,8,10H2,1H3,(H2,22,23,27). The number of amides is 2. The van der Waals surface area contributed by atoms with Crippen molar-refractivity contribution in [2.45, 2.75) is 18.8 Å². The van der Waals surface area contributed by atoms with Crippen LogP contribution >= 0.6 is 11.8 Å². The second kappa shape index (κ2) is 9.03. The number of nitrogens with zero attached hydrogens (tertiary/aromatic N) is 3. The van der Waals surface area contributed by atoms with Gasteiger partial charge < -0.3 is 15.4 Å². The van der Waals surface area contributed by atoms with Gasteiger partial charge in [0.15, 0.2) is 11.5 Å². The molecule has 0 aliphatic carbocycles. The number of carbonyl (C=O) groups excluding carboxylic acids is 1. The predicted octanol–water partition coefficient (Wildman–Crippen LogP) is 4.24. The number of halogens is 3. The number of benzene rings is 1. The summed E-state index contributed by atoms with van der Waals surface area (Å²) in [5.41, 5.74) is 0.815. The molecule has 2 amide bonds. The highest BCUT2D eigenvalue weighted by Crippen LogP contribution is 2.25. The van der Waals surface area contributed by atoms with E-state index < -0.39 is 24.2 Å². The van der Waals surface area contributed by atoms with Crippen molar-refractivity contribution in [1.82, 2.24) is 19.9 Å². The number of alkyl halides is 3. The minimum atomic E-state index is -4.81. The molecule has 0 bridgehead atoms. The lowest BCUT2D eigenvalue weighted by molar-refractivity contribution is -0.274. The van der Waals surface area contributed by atoms with Crippen LogP contribution in [0.1, 0.15) is 18.3 Å². The predicted molar refractivity (Wildman–Crippen MR) is 104 cm³/mol. The zero-order valence-corrected chi connectivity index (χ0v) is 16.1. The lowest BCUT2D eigenvalue weighted by atomic mass is 10.2. The summed E-state index contributed by atoms with van der Waals surface area (Å²) in [6.45, 7) is 0. The molecule has 1 aromatic carbocycles. The van der Waals surface area contributed by atoms with Crippen LogP contribution in [0.25, 0.3) is 5.65 Å². The number of carbonyl (C=O) groups is 1. The first-order valence-electron chi connectivity index (χ1n) is 8.57. The van der Waals surface area contributed by atoms with Crippen LogP contribution in [0.4, 0.5) is 23.7 Å². The molecule has 0 aliphatic rings. The summed E-state index contributed by atoms with van der Waals surface area (Å²) in [6, 6.07) is 9.52. The van der Waals surface area contributed by atoms with E-state index in [0.29, 0.717) is 17.9 Å². The van der Waals surface area contributed by atoms with E-state index in [-0.39, 0.29) is 5.69 Å². The minimum Gasteiger partial charge on any atom is -0.406 e. The summed E-state index contributed by atoms with van der Waals surface area (Å²) < 4.78 is 42.8. The number of rotatable bonds is 7. The van der Waals surface area contributed by atoms with Gasteiger partial charge in [-0.25, -0.2) is 4.79 Å². The van der Waals surface area contributed by atoms with Gasteiger partial charge in [-0.1, -0.05) is 12.1 Å². The molecule has 29 heavy (non-hydrogen) atoms. The van der Waals surface area contributed by atoms with Crippen molar-refractivity contribution >= 4 is 29.1 Å². The Labute approximate surface area is 168 Å². The first-order valence-corrected chi connectivity index (χ1v) is 9.97. The number of thioether (sulfide) groups is 1. The summed E-state index contributed by atoms with van der Waals surface area (Å²) in [4.78, 5) is 12.5. The second-order valence-corrected chi connectivity index (χ2v) is 6.98. The Morgan fingerprint density at radius 1 is 1.24 bits per heavy atom. The zero-order chi connectivity index (χ0) is 20.9. The van der Waals surface area contributed by atoms with Crippen LogP contribution in [-0.4, -0.2) is 39.0 Å². The maximum atomic E-state index is 12.5. The maximum absolute atomic E-state index is 12.5. The minimum absolute atomic E-state index is 0.166. The molecule has 3 rings (SSSR count).